The molecule has 0 spiro atoms. The Hall–Kier alpha value is -4.19. The van der Waals surface area contributed by atoms with Gasteiger partial charge in [-0.25, -0.2) is 0 Å². The third-order valence-electron chi connectivity index (χ3n) is 8.88. The highest BCUT2D eigenvalue weighted by Crippen LogP contribution is 2.44. The summed E-state index contributed by atoms with van der Waals surface area (Å²) < 4.78 is 7.60. The lowest BCUT2D eigenvalue weighted by molar-refractivity contribution is -0.121. The van der Waals surface area contributed by atoms with E-state index < -0.39 is 8.32 Å². The predicted octanol–water partition coefficient (Wildman–Crippen LogP) is 7.34. The molecule has 0 aliphatic rings. The molecule has 0 unspecified atom stereocenters. The summed E-state index contributed by atoms with van der Waals surface area (Å²) in [5.41, 5.74) is 1.26. The molecule has 0 heterocycles. The van der Waals surface area contributed by atoms with Gasteiger partial charge in [-0.05, 0) is 67.8 Å². The lowest BCUT2D eigenvalue weighted by atomic mass is 9.90. The Morgan fingerprint density at radius 2 is 1.41 bits per heavy atom. The third kappa shape index (κ3) is 5.47. The van der Waals surface area contributed by atoms with Crippen LogP contribution in [0.4, 0.5) is 0 Å². The molecule has 5 heteroatoms. The Balaban J connectivity index is 1.46. The van der Waals surface area contributed by atoms with Gasteiger partial charge in [-0.1, -0.05) is 124 Å². The van der Waals surface area contributed by atoms with Crippen molar-refractivity contribution in [1.82, 2.24) is 5.32 Å². The highest BCUT2D eigenvalue weighted by Gasteiger charge is 2.52. The van der Waals surface area contributed by atoms with Crippen molar-refractivity contribution in [3.63, 3.8) is 0 Å². The maximum absolute atomic E-state index is 12.3. The highest BCUT2D eigenvalue weighted by atomic mass is 28.4. The van der Waals surface area contributed by atoms with E-state index in [0.29, 0.717) is 19.4 Å². The first-order chi connectivity index (χ1) is 21.3. The second-order valence-corrected chi connectivity index (χ2v) is 17.0. The number of aliphatic hydroxyl groups is 1. The second-order valence-electron chi connectivity index (χ2n) is 12.8. The maximum Gasteiger partial charge on any atom is 0.319 e. The monoisotopic (exact) mass is 599 g/mol. The van der Waals surface area contributed by atoms with Crippen LogP contribution in [0.2, 0.25) is 5.04 Å². The highest BCUT2D eigenvalue weighted by molar-refractivity contribution is 7.00. The summed E-state index contributed by atoms with van der Waals surface area (Å²) in [5, 5.41) is 21.5. The van der Waals surface area contributed by atoms with E-state index in [-0.39, 0.29) is 17.6 Å². The molecule has 0 saturated heterocycles. The Morgan fingerprint density at radius 3 is 2.07 bits per heavy atom. The quantitative estimate of drug-likeness (QED) is 0.0931. The average Bonchev–Trinajstić information content (AvgIpc) is 3.03. The van der Waals surface area contributed by atoms with Crippen LogP contribution in [-0.4, -0.2) is 32.5 Å². The van der Waals surface area contributed by atoms with Crippen LogP contribution in [0.15, 0.2) is 109 Å². The number of rotatable bonds is 11. The van der Waals surface area contributed by atoms with Crippen molar-refractivity contribution in [1.29, 1.82) is 0 Å². The fourth-order valence-corrected chi connectivity index (χ4v) is 11.2. The van der Waals surface area contributed by atoms with Crippen molar-refractivity contribution in [2.45, 2.75) is 51.5 Å². The largest absolute Gasteiger partial charge is 0.534 e. The van der Waals surface area contributed by atoms with Crippen LogP contribution < -0.4 is 20.1 Å². The third-order valence-corrected chi connectivity index (χ3v) is 13.8. The molecule has 0 fully saturated rings. The maximum atomic E-state index is 12.3. The molecular weight excluding hydrogens is 559 g/mol. The van der Waals surface area contributed by atoms with Crippen LogP contribution in [0, 0.1) is 0 Å². The van der Waals surface area contributed by atoms with Crippen molar-refractivity contribution in [2.75, 3.05) is 13.2 Å². The molecule has 0 aliphatic heterocycles. The van der Waals surface area contributed by atoms with Crippen LogP contribution in [-0.2, 0) is 11.2 Å². The van der Waals surface area contributed by atoms with Gasteiger partial charge in [0, 0.05) is 30.3 Å². The minimum absolute atomic E-state index is 0.0429. The molecule has 0 radical (unpaired) electrons. The van der Waals surface area contributed by atoms with Crippen LogP contribution in [0.5, 0.6) is 5.75 Å². The van der Waals surface area contributed by atoms with E-state index in [4.69, 9.17) is 9.53 Å². The van der Waals surface area contributed by atoms with E-state index in [1.54, 1.807) is 0 Å². The number of benzene rings is 6. The number of amides is 1. The smallest absolute Gasteiger partial charge is 0.319 e. The number of hydrogen-bond donors (Lipinski definition) is 2. The molecule has 6 rings (SSSR count). The zero-order valence-electron chi connectivity index (χ0n) is 25.9. The molecular formula is C39H41NO3Si. The zero-order chi connectivity index (χ0) is 30.7. The summed E-state index contributed by atoms with van der Waals surface area (Å²) in [4.78, 5) is 12.3. The minimum atomic E-state index is -2.83. The lowest BCUT2D eigenvalue weighted by Crippen LogP contribution is -2.68. The molecule has 2 N–H and O–H groups in total. The number of hydrogen-bond acceptors (Lipinski definition) is 3. The first kappa shape index (κ1) is 29.9. The van der Waals surface area contributed by atoms with E-state index in [2.05, 4.69) is 135 Å². The van der Waals surface area contributed by atoms with Gasteiger partial charge in [0.2, 0.25) is 5.91 Å². The minimum Gasteiger partial charge on any atom is -0.534 e. The fraction of sp³-hybridized carbons (Fsp3) is 0.256. The summed E-state index contributed by atoms with van der Waals surface area (Å²) in [5.74, 6) is 0.971. The topological polar surface area (TPSA) is 58.6 Å². The average molecular weight is 600 g/mol. The standard InChI is InChI=1S/C39H41NO3Si/c1-39(2,3)44(31-15-6-4-7-16-31,32-17-8-5-9-18-32)43-35-27-30-22-21-28(13-11-20-36(42)40-25-12-26-41)33-24-23-29-14-10-19-34(35)37(29)38(30)33/h4-10,14-19,21-24,27,41H,11-13,20,25-26H2,1-3H3,(H,40,42). The molecule has 0 bridgehead atoms. The number of carbonyl (C=O) groups excluding carboxylic acids is 1. The van der Waals surface area contributed by atoms with Crippen molar-refractivity contribution in [2.24, 2.45) is 0 Å². The Morgan fingerprint density at radius 1 is 0.750 bits per heavy atom. The number of carbonyl (C=O) groups is 1. The molecule has 0 saturated carbocycles. The first-order valence-electron chi connectivity index (χ1n) is 15.7. The SMILES string of the molecule is CC(C)(C)[Si](Oc1cc2ccc(CCCC(=O)NCCCO)c3ccc4cccc1c4c23)(c1ccccc1)c1ccccc1. The molecule has 0 atom stereocenters. The molecule has 4 nitrogen and oxygen atoms in total. The van der Waals surface area contributed by atoms with Crippen LogP contribution in [0.3, 0.4) is 0 Å². The van der Waals surface area contributed by atoms with Crippen molar-refractivity contribution < 1.29 is 14.3 Å². The Labute approximate surface area is 261 Å². The van der Waals surface area contributed by atoms with Crippen LogP contribution >= 0.6 is 0 Å². The molecule has 44 heavy (non-hydrogen) atoms. The van der Waals surface area contributed by atoms with Gasteiger partial charge in [0.25, 0.3) is 0 Å². The molecule has 0 aliphatic carbocycles. The van der Waals surface area contributed by atoms with Crippen molar-refractivity contribution in [3.05, 3.63) is 115 Å². The summed E-state index contributed by atoms with van der Waals surface area (Å²) in [6.07, 6.45) is 2.66. The normalized spacial score (nSPS) is 12.3. The van der Waals surface area contributed by atoms with Gasteiger partial charge in [0.15, 0.2) is 0 Å². The number of nitrogens with one attached hydrogen (secondary N) is 1. The molecule has 6 aromatic rings. The Bertz CT molecular complexity index is 1840. The lowest BCUT2D eigenvalue weighted by Gasteiger charge is -2.43. The molecule has 0 aromatic heterocycles. The summed E-state index contributed by atoms with van der Waals surface area (Å²) in [6.45, 7) is 7.56. The van der Waals surface area contributed by atoms with Crippen LogP contribution in [0.25, 0.3) is 32.3 Å². The first-order valence-corrected chi connectivity index (χ1v) is 17.6. The van der Waals surface area contributed by atoms with E-state index in [0.717, 1.165) is 24.0 Å². The Kier molecular flexibility index (Phi) is 8.43. The van der Waals surface area contributed by atoms with Crippen molar-refractivity contribution in [3.8, 4) is 5.75 Å². The van der Waals surface area contributed by atoms with Gasteiger partial charge in [0.05, 0.1) is 0 Å². The van der Waals surface area contributed by atoms with Gasteiger partial charge in [-0.3, -0.25) is 4.79 Å². The van der Waals surface area contributed by atoms with Crippen molar-refractivity contribution >= 4 is 56.9 Å². The van der Waals surface area contributed by atoms with E-state index in [1.807, 2.05) is 0 Å². The van der Waals surface area contributed by atoms with E-state index in [1.165, 1.54) is 42.9 Å². The van der Waals surface area contributed by atoms with E-state index in [9.17, 15) is 4.79 Å². The predicted molar refractivity (Wildman–Crippen MR) is 186 cm³/mol. The van der Waals surface area contributed by atoms with Gasteiger partial charge in [-0.2, -0.15) is 0 Å². The van der Waals surface area contributed by atoms with E-state index >= 15 is 0 Å². The summed E-state index contributed by atoms with van der Waals surface area (Å²) >= 11 is 0. The molecule has 224 valence electrons. The van der Waals surface area contributed by atoms with Gasteiger partial charge in [-0.15, -0.1) is 0 Å². The zero-order valence-corrected chi connectivity index (χ0v) is 26.9. The summed E-state index contributed by atoms with van der Waals surface area (Å²) in [7, 11) is -2.83. The second kappa shape index (κ2) is 12.4. The molecule has 6 aromatic carbocycles. The number of aryl methyl sites for hydroxylation is 1. The van der Waals surface area contributed by atoms with Gasteiger partial charge < -0.3 is 14.8 Å². The number of aliphatic hydroxyl groups excluding tert-OH is 1. The van der Waals surface area contributed by atoms with Gasteiger partial charge in [0.1, 0.15) is 5.75 Å². The summed E-state index contributed by atoms with van der Waals surface area (Å²) in [6, 6.07) is 39.3. The van der Waals surface area contributed by atoms with Gasteiger partial charge >= 0.3 is 8.32 Å². The molecule has 1 amide bonds. The fourth-order valence-electron chi connectivity index (χ4n) is 6.81. The van der Waals surface area contributed by atoms with Crippen LogP contribution in [0.1, 0.15) is 45.6 Å².